The Bertz CT molecular complexity index is 1400. The Morgan fingerprint density at radius 3 is 2.65 bits per heavy atom. The molecule has 0 aliphatic carbocycles. The van der Waals surface area contributed by atoms with Crippen LogP contribution in [0.25, 0.3) is 21.7 Å². The summed E-state index contributed by atoms with van der Waals surface area (Å²) in [5, 5.41) is 15.7. The summed E-state index contributed by atoms with van der Waals surface area (Å²) in [5.41, 5.74) is 4.41. The SMILES string of the molecule is CCNC(=O)Nc1cc(-c2nc(C(F)(F)F)cs2)c(-c2cncc(C(=O)NNC(=O)N3CCCC(O)C3)c2)cn1. The van der Waals surface area contributed by atoms with Gasteiger partial charge in [-0.2, -0.15) is 13.2 Å². The quantitative estimate of drug-likeness (QED) is 0.291. The highest BCUT2D eigenvalue weighted by Crippen LogP contribution is 2.38. The van der Waals surface area contributed by atoms with Gasteiger partial charge >= 0.3 is 18.2 Å². The summed E-state index contributed by atoms with van der Waals surface area (Å²) < 4.78 is 39.8. The Morgan fingerprint density at radius 1 is 1.15 bits per heavy atom. The lowest BCUT2D eigenvalue weighted by Gasteiger charge is -2.30. The van der Waals surface area contributed by atoms with E-state index in [0.717, 1.165) is 16.7 Å². The number of rotatable bonds is 5. The number of alkyl halides is 3. The number of anilines is 1. The van der Waals surface area contributed by atoms with E-state index in [4.69, 9.17) is 0 Å². The maximum Gasteiger partial charge on any atom is 0.434 e. The average molecular weight is 579 g/mol. The third kappa shape index (κ3) is 7.01. The molecule has 0 bridgehead atoms. The minimum Gasteiger partial charge on any atom is -0.391 e. The van der Waals surface area contributed by atoms with Crippen molar-refractivity contribution in [1.29, 1.82) is 0 Å². The smallest absolute Gasteiger partial charge is 0.391 e. The van der Waals surface area contributed by atoms with E-state index >= 15 is 0 Å². The maximum atomic E-state index is 13.3. The first-order chi connectivity index (χ1) is 19.0. The number of aliphatic hydroxyl groups excluding tert-OH is 1. The fraction of sp³-hybridized carbons (Fsp3) is 0.333. The highest BCUT2D eigenvalue weighted by molar-refractivity contribution is 7.13. The molecule has 0 saturated carbocycles. The summed E-state index contributed by atoms with van der Waals surface area (Å²) in [6.45, 7) is 2.64. The molecule has 1 aliphatic rings. The van der Waals surface area contributed by atoms with Gasteiger partial charge in [0.25, 0.3) is 5.91 Å². The van der Waals surface area contributed by atoms with Gasteiger partial charge in [-0.05, 0) is 31.9 Å². The zero-order valence-electron chi connectivity index (χ0n) is 21.1. The molecule has 1 fully saturated rings. The first-order valence-corrected chi connectivity index (χ1v) is 13.0. The van der Waals surface area contributed by atoms with E-state index in [1.807, 2.05) is 0 Å². The Morgan fingerprint density at radius 2 is 1.95 bits per heavy atom. The molecule has 12 nitrogen and oxygen atoms in total. The van der Waals surface area contributed by atoms with Crippen LogP contribution in [0.4, 0.5) is 28.6 Å². The number of amides is 5. The van der Waals surface area contributed by atoms with Crippen molar-refractivity contribution >= 4 is 35.1 Å². The number of aromatic nitrogens is 3. The van der Waals surface area contributed by atoms with Gasteiger partial charge in [-0.25, -0.2) is 25.0 Å². The van der Waals surface area contributed by atoms with Crippen LogP contribution in [0, 0.1) is 0 Å². The monoisotopic (exact) mass is 578 g/mol. The highest BCUT2D eigenvalue weighted by atomic mass is 32.1. The second-order valence-corrected chi connectivity index (χ2v) is 9.58. The minimum absolute atomic E-state index is 0.00881. The number of carbonyl (C=O) groups excluding carboxylic acids is 3. The van der Waals surface area contributed by atoms with E-state index in [2.05, 4.69) is 36.4 Å². The number of halogens is 3. The number of aliphatic hydroxyl groups is 1. The molecule has 3 aromatic rings. The van der Waals surface area contributed by atoms with Crippen LogP contribution in [0.3, 0.4) is 0 Å². The number of hydrogen-bond donors (Lipinski definition) is 5. The van der Waals surface area contributed by atoms with Crippen molar-refractivity contribution in [2.45, 2.75) is 32.0 Å². The average Bonchev–Trinajstić information content (AvgIpc) is 3.43. The Labute approximate surface area is 230 Å². The van der Waals surface area contributed by atoms with Crippen LogP contribution in [-0.4, -0.2) is 68.7 Å². The third-order valence-electron chi connectivity index (χ3n) is 5.79. The lowest BCUT2D eigenvalue weighted by molar-refractivity contribution is -0.140. The van der Waals surface area contributed by atoms with Gasteiger partial charge in [0.15, 0.2) is 5.69 Å². The molecule has 4 rings (SSSR count). The van der Waals surface area contributed by atoms with E-state index in [0.29, 0.717) is 37.1 Å². The molecule has 0 radical (unpaired) electrons. The molecule has 3 aromatic heterocycles. The van der Waals surface area contributed by atoms with Crippen molar-refractivity contribution in [1.82, 2.24) is 36.0 Å². The number of urea groups is 2. The number of hydrogen-bond acceptors (Lipinski definition) is 8. The van der Waals surface area contributed by atoms with Crippen LogP contribution in [0.2, 0.25) is 0 Å². The molecular weight excluding hydrogens is 553 g/mol. The molecule has 40 heavy (non-hydrogen) atoms. The third-order valence-corrected chi connectivity index (χ3v) is 6.66. The molecule has 1 atom stereocenters. The molecule has 0 aromatic carbocycles. The summed E-state index contributed by atoms with van der Waals surface area (Å²) in [7, 11) is 0. The molecule has 1 aliphatic heterocycles. The van der Waals surface area contributed by atoms with E-state index < -0.39 is 35.9 Å². The van der Waals surface area contributed by atoms with Gasteiger partial charge in [-0.3, -0.25) is 20.5 Å². The summed E-state index contributed by atoms with van der Waals surface area (Å²) in [5.74, 6) is -0.626. The summed E-state index contributed by atoms with van der Waals surface area (Å²) >= 11 is 0.755. The molecule has 1 saturated heterocycles. The highest BCUT2D eigenvalue weighted by Gasteiger charge is 2.34. The van der Waals surface area contributed by atoms with Crippen LogP contribution >= 0.6 is 11.3 Å². The first-order valence-electron chi connectivity index (χ1n) is 12.1. The number of hydrazine groups is 1. The van der Waals surface area contributed by atoms with Crippen molar-refractivity contribution in [3.63, 3.8) is 0 Å². The second kappa shape index (κ2) is 12.3. The number of pyridine rings is 2. The molecule has 5 N–H and O–H groups in total. The Hall–Kier alpha value is -4.31. The molecule has 5 amide bonds. The second-order valence-electron chi connectivity index (χ2n) is 8.72. The molecule has 212 valence electrons. The number of thiazole rings is 1. The van der Waals surface area contributed by atoms with Crippen molar-refractivity contribution in [3.05, 3.63) is 47.4 Å². The number of likely N-dealkylation sites (tertiary alicyclic amines) is 1. The van der Waals surface area contributed by atoms with Gasteiger partial charge in [-0.15, -0.1) is 11.3 Å². The van der Waals surface area contributed by atoms with Crippen molar-refractivity contribution in [2.24, 2.45) is 0 Å². The molecule has 0 spiro atoms. The van der Waals surface area contributed by atoms with Gasteiger partial charge in [-0.1, -0.05) is 0 Å². The fourth-order valence-electron chi connectivity index (χ4n) is 3.89. The maximum absolute atomic E-state index is 13.3. The zero-order valence-corrected chi connectivity index (χ0v) is 21.9. The van der Waals surface area contributed by atoms with Gasteiger partial charge in [0.2, 0.25) is 0 Å². The van der Waals surface area contributed by atoms with Gasteiger partial charge in [0, 0.05) is 60.3 Å². The Kier molecular flexibility index (Phi) is 8.79. The van der Waals surface area contributed by atoms with E-state index in [-0.39, 0.29) is 28.5 Å². The van der Waals surface area contributed by atoms with Crippen LogP contribution in [0.5, 0.6) is 0 Å². The summed E-state index contributed by atoms with van der Waals surface area (Å²) in [4.78, 5) is 50.4. The molecule has 1 unspecified atom stereocenters. The van der Waals surface area contributed by atoms with Gasteiger partial charge in [0.1, 0.15) is 10.8 Å². The first kappa shape index (κ1) is 28.7. The zero-order chi connectivity index (χ0) is 28.9. The number of nitrogens with zero attached hydrogens (tertiary/aromatic N) is 4. The van der Waals surface area contributed by atoms with Gasteiger partial charge < -0.3 is 15.3 Å². The van der Waals surface area contributed by atoms with Crippen LogP contribution < -0.4 is 21.5 Å². The number of carbonyl (C=O) groups is 3. The van der Waals surface area contributed by atoms with Crippen molar-refractivity contribution < 1.29 is 32.7 Å². The molecular formula is C24H25F3N8O4S. The largest absolute Gasteiger partial charge is 0.434 e. The molecule has 16 heteroatoms. The fourth-order valence-corrected chi connectivity index (χ4v) is 4.75. The summed E-state index contributed by atoms with van der Waals surface area (Å²) in [6, 6.07) is 1.67. The van der Waals surface area contributed by atoms with Crippen molar-refractivity contribution in [3.8, 4) is 21.7 Å². The van der Waals surface area contributed by atoms with Crippen molar-refractivity contribution in [2.75, 3.05) is 25.0 Å². The van der Waals surface area contributed by atoms with E-state index in [1.165, 1.54) is 35.6 Å². The predicted octanol–water partition coefficient (Wildman–Crippen LogP) is 3.24. The predicted molar refractivity (Wildman–Crippen MR) is 139 cm³/mol. The Balaban J connectivity index is 1.60. The van der Waals surface area contributed by atoms with Crippen LogP contribution in [0.1, 0.15) is 35.8 Å². The topological polar surface area (TPSA) is 161 Å². The lowest BCUT2D eigenvalue weighted by atomic mass is 10.0. The number of piperidine rings is 1. The van der Waals surface area contributed by atoms with E-state index in [1.54, 1.807) is 6.92 Å². The normalized spacial score (nSPS) is 15.3. The van der Waals surface area contributed by atoms with Gasteiger partial charge in [0.05, 0.1) is 11.7 Å². The standard InChI is InChI=1S/C24H25F3N8O4S/c1-2-29-22(38)32-19-7-16(21-31-18(12-40-21)24(25,26)27)17(10-30-19)13-6-14(9-28-8-13)20(37)33-34-23(39)35-5-3-4-15(36)11-35/h6-10,12,15,36H,2-5,11H2,1H3,(H,33,37)(H,34,39)(H2,29,30,32,38). The lowest BCUT2D eigenvalue weighted by Crippen LogP contribution is -2.52. The number of nitrogens with one attached hydrogen (secondary N) is 4. The summed E-state index contributed by atoms with van der Waals surface area (Å²) in [6.07, 6.45) is -0.0991. The van der Waals surface area contributed by atoms with E-state index in [9.17, 15) is 32.7 Å². The van der Waals surface area contributed by atoms with Crippen LogP contribution in [-0.2, 0) is 6.18 Å². The molecule has 4 heterocycles. The minimum atomic E-state index is -4.65. The number of β-amino-alcohol motifs (C(OH)–C–C–N with tert-alkyl or cyclic N) is 1. The van der Waals surface area contributed by atoms with Crippen LogP contribution in [0.15, 0.2) is 36.1 Å².